The van der Waals surface area contributed by atoms with Gasteiger partial charge in [-0.15, -0.1) is 10.2 Å². The van der Waals surface area contributed by atoms with Crippen molar-refractivity contribution < 1.29 is 0 Å². The van der Waals surface area contributed by atoms with Gasteiger partial charge in [0.05, 0.1) is 11.6 Å². The van der Waals surface area contributed by atoms with E-state index in [1.807, 2.05) is 10.6 Å². The van der Waals surface area contributed by atoms with Crippen molar-refractivity contribution >= 4 is 11.6 Å². The third kappa shape index (κ3) is 3.01. The number of hydrogen-bond donors (Lipinski definition) is 1. The lowest BCUT2D eigenvalue weighted by Crippen LogP contribution is -2.16. The number of nitrogens with zero attached hydrogens (tertiary/aromatic N) is 4. The minimum Gasteiger partial charge on any atom is -0.317 e. The standard InChI is InChI=1S/C11H14ClN5/c1-2-17-8-15-16-11(17)7-14-5-9-3-4-13-6-10(9)12/h3-4,6,8,14H,2,5,7H2,1H3. The first kappa shape index (κ1) is 12.0. The largest absolute Gasteiger partial charge is 0.317 e. The summed E-state index contributed by atoms with van der Waals surface area (Å²) in [6, 6.07) is 1.90. The summed E-state index contributed by atoms with van der Waals surface area (Å²) >= 11 is 6.01. The van der Waals surface area contributed by atoms with Crippen LogP contribution in [0.2, 0.25) is 5.02 Å². The molecule has 17 heavy (non-hydrogen) atoms. The van der Waals surface area contributed by atoms with Gasteiger partial charge in [-0.3, -0.25) is 4.98 Å². The molecule has 0 bridgehead atoms. The van der Waals surface area contributed by atoms with E-state index in [2.05, 4.69) is 27.4 Å². The highest BCUT2D eigenvalue weighted by atomic mass is 35.5. The smallest absolute Gasteiger partial charge is 0.146 e. The van der Waals surface area contributed by atoms with Crippen LogP contribution in [0.25, 0.3) is 0 Å². The maximum Gasteiger partial charge on any atom is 0.146 e. The van der Waals surface area contributed by atoms with Crippen LogP contribution >= 0.6 is 11.6 Å². The van der Waals surface area contributed by atoms with Crippen LogP contribution in [0.3, 0.4) is 0 Å². The van der Waals surface area contributed by atoms with Crippen LogP contribution in [-0.2, 0) is 19.6 Å². The van der Waals surface area contributed by atoms with Gasteiger partial charge in [0, 0.05) is 25.5 Å². The van der Waals surface area contributed by atoms with Gasteiger partial charge in [-0.2, -0.15) is 0 Å². The van der Waals surface area contributed by atoms with E-state index in [1.54, 1.807) is 18.7 Å². The van der Waals surface area contributed by atoms with Crippen molar-refractivity contribution in [3.8, 4) is 0 Å². The first-order valence-electron chi connectivity index (χ1n) is 5.47. The molecule has 2 aromatic heterocycles. The summed E-state index contributed by atoms with van der Waals surface area (Å²) in [5, 5.41) is 11.9. The third-order valence-corrected chi connectivity index (χ3v) is 2.83. The van der Waals surface area contributed by atoms with Gasteiger partial charge in [0.2, 0.25) is 0 Å². The molecule has 0 fully saturated rings. The van der Waals surface area contributed by atoms with Gasteiger partial charge in [0.1, 0.15) is 12.2 Å². The first-order chi connectivity index (χ1) is 8.31. The highest BCUT2D eigenvalue weighted by Crippen LogP contribution is 2.12. The Labute approximate surface area is 105 Å². The van der Waals surface area contributed by atoms with E-state index in [-0.39, 0.29) is 0 Å². The maximum atomic E-state index is 6.01. The Hall–Kier alpha value is -1.46. The number of hydrogen-bond acceptors (Lipinski definition) is 4. The summed E-state index contributed by atoms with van der Waals surface area (Å²) in [6.45, 7) is 4.30. The molecule has 90 valence electrons. The van der Waals surface area contributed by atoms with Gasteiger partial charge in [0.25, 0.3) is 0 Å². The molecule has 0 aliphatic carbocycles. The topological polar surface area (TPSA) is 55.6 Å². The molecule has 0 spiro atoms. The summed E-state index contributed by atoms with van der Waals surface area (Å²) in [5.74, 6) is 0.928. The molecule has 5 nitrogen and oxygen atoms in total. The molecule has 0 aliphatic heterocycles. The normalized spacial score (nSPS) is 10.7. The van der Waals surface area contributed by atoms with Crippen molar-refractivity contribution in [2.24, 2.45) is 0 Å². The number of rotatable bonds is 5. The second-order valence-corrected chi connectivity index (χ2v) is 4.01. The van der Waals surface area contributed by atoms with Crippen LogP contribution < -0.4 is 5.32 Å². The summed E-state index contributed by atoms with van der Waals surface area (Å²) in [5.41, 5.74) is 1.03. The predicted octanol–water partition coefficient (Wildman–Crippen LogP) is 1.64. The molecule has 0 unspecified atom stereocenters. The van der Waals surface area contributed by atoms with Crippen molar-refractivity contribution in [3.63, 3.8) is 0 Å². The zero-order chi connectivity index (χ0) is 12.1. The predicted molar refractivity (Wildman–Crippen MR) is 65.5 cm³/mol. The monoisotopic (exact) mass is 251 g/mol. The van der Waals surface area contributed by atoms with Crippen LogP contribution in [0.5, 0.6) is 0 Å². The number of nitrogens with one attached hydrogen (secondary N) is 1. The molecule has 0 radical (unpaired) electrons. The second kappa shape index (κ2) is 5.75. The van der Waals surface area contributed by atoms with Gasteiger partial charge < -0.3 is 9.88 Å². The molecule has 2 aromatic rings. The van der Waals surface area contributed by atoms with E-state index >= 15 is 0 Å². The molecule has 0 amide bonds. The number of pyridine rings is 1. The Balaban J connectivity index is 1.90. The molecule has 0 aromatic carbocycles. The molecule has 0 saturated carbocycles. The SMILES string of the molecule is CCn1cnnc1CNCc1ccncc1Cl. The van der Waals surface area contributed by atoms with Gasteiger partial charge in [-0.05, 0) is 18.6 Å². The molecule has 1 N–H and O–H groups in total. The van der Waals surface area contributed by atoms with Crippen LogP contribution in [-0.4, -0.2) is 19.7 Å². The number of halogens is 1. The summed E-state index contributed by atoms with van der Waals surface area (Å²) in [7, 11) is 0. The van der Waals surface area contributed by atoms with Gasteiger partial charge in [-0.1, -0.05) is 11.6 Å². The van der Waals surface area contributed by atoms with Crippen molar-refractivity contribution in [3.05, 3.63) is 41.2 Å². The third-order valence-electron chi connectivity index (χ3n) is 2.49. The Morgan fingerprint density at radius 1 is 1.41 bits per heavy atom. The second-order valence-electron chi connectivity index (χ2n) is 3.60. The lowest BCUT2D eigenvalue weighted by atomic mass is 10.2. The highest BCUT2D eigenvalue weighted by Gasteiger charge is 2.03. The molecule has 2 rings (SSSR count). The molecule has 0 saturated heterocycles. The van der Waals surface area contributed by atoms with Crippen LogP contribution in [0.1, 0.15) is 18.3 Å². The zero-order valence-electron chi connectivity index (χ0n) is 9.60. The minimum atomic E-state index is 0.673. The van der Waals surface area contributed by atoms with Crippen LogP contribution in [0.15, 0.2) is 24.8 Å². The van der Waals surface area contributed by atoms with Crippen LogP contribution in [0, 0.1) is 0 Å². The average Bonchev–Trinajstić information content (AvgIpc) is 2.79. The van der Waals surface area contributed by atoms with Crippen molar-refractivity contribution in [2.75, 3.05) is 0 Å². The van der Waals surface area contributed by atoms with Crippen molar-refractivity contribution in [2.45, 2.75) is 26.6 Å². The Kier molecular flexibility index (Phi) is 4.06. The summed E-state index contributed by atoms with van der Waals surface area (Å²) < 4.78 is 2.00. The lowest BCUT2D eigenvalue weighted by Gasteiger charge is -2.06. The Morgan fingerprint density at radius 3 is 3.06 bits per heavy atom. The molecular formula is C11H14ClN5. The lowest BCUT2D eigenvalue weighted by molar-refractivity contribution is 0.612. The molecular weight excluding hydrogens is 238 g/mol. The van der Waals surface area contributed by atoms with Crippen molar-refractivity contribution in [1.82, 2.24) is 25.1 Å². The molecule has 6 heteroatoms. The molecule has 0 atom stereocenters. The average molecular weight is 252 g/mol. The fraction of sp³-hybridized carbons (Fsp3) is 0.364. The molecule has 2 heterocycles. The van der Waals surface area contributed by atoms with E-state index in [0.29, 0.717) is 18.1 Å². The number of aromatic nitrogens is 4. The Morgan fingerprint density at radius 2 is 2.29 bits per heavy atom. The van der Waals surface area contributed by atoms with Gasteiger partial charge >= 0.3 is 0 Å². The highest BCUT2D eigenvalue weighted by molar-refractivity contribution is 6.31. The number of aryl methyl sites for hydroxylation is 1. The zero-order valence-corrected chi connectivity index (χ0v) is 10.4. The summed E-state index contributed by atoms with van der Waals surface area (Å²) in [6.07, 6.45) is 5.11. The van der Waals surface area contributed by atoms with E-state index in [9.17, 15) is 0 Å². The fourth-order valence-corrected chi connectivity index (χ4v) is 1.72. The van der Waals surface area contributed by atoms with Gasteiger partial charge in [-0.25, -0.2) is 0 Å². The Bertz CT molecular complexity index is 482. The van der Waals surface area contributed by atoms with E-state index in [4.69, 9.17) is 11.6 Å². The maximum absolute atomic E-state index is 6.01. The van der Waals surface area contributed by atoms with Gasteiger partial charge in [0.15, 0.2) is 0 Å². The van der Waals surface area contributed by atoms with Crippen LogP contribution in [0.4, 0.5) is 0 Å². The van der Waals surface area contributed by atoms with E-state index < -0.39 is 0 Å². The van der Waals surface area contributed by atoms with Crippen molar-refractivity contribution in [1.29, 1.82) is 0 Å². The fourth-order valence-electron chi connectivity index (χ4n) is 1.54. The van der Waals surface area contributed by atoms with E-state index in [0.717, 1.165) is 17.9 Å². The molecule has 0 aliphatic rings. The first-order valence-corrected chi connectivity index (χ1v) is 5.85. The quantitative estimate of drug-likeness (QED) is 0.878. The summed E-state index contributed by atoms with van der Waals surface area (Å²) in [4.78, 5) is 3.94. The minimum absolute atomic E-state index is 0.673. The van der Waals surface area contributed by atoms with E-state index in [1.165, 1.54) is 0 Å².